The monoisotopic (exact) mass is 213 g/mol. The lowest BCUT2D eigenvalue weighted by molar-refractivity contribution is 0.264. The van der Waals surface area contributed by atoms with Gasteiger partial charge in [0.05, 0.1) is 23.7 Å². The summed E-state index contributed by atoms with van der Waals surface area (Å²) in [6, 6.07) is 7.24. The molecule has 0 saturated carbocycles. The van der Waals surface area contributed by atoms with E-state index in [0.29, 0.717) is 5.82 Å². The van der Waals surface area contributed by atoms with Crippen LogP contribution in [-0.2, 0) is 0 Å². The van der Waals surface area contributed by atoms with Gasteiger partial charge in [-0.1, -0.05) is 12.1 Å². The van der Waals surface area contributed by atoms with Gasteiger partial charge in [0.15, 0.2) is 0 Å². The Bertz CT molecular complexity index is 382. The molecule has 1 atom stereocenters. The maximum Gasteiger partial charge on any atom is 0.126 e. The molecule has 0 saturated heterocycles. The number of imidazole rings is 1. The molecule has 1 aromatic heterocycles. The van der Waals surface area contributed by atoms with Gasteiger partial charge in [-0.15, -0.1) is 12.4 Å². The second-order valence-corrected chi connectivity index (χ2v) is 2.93. The van der Waals surface area contributed by atoms with Crippen molar-refractivity contribution < 1.29 is 5.11 Å². The van der Waals surface area contributed by atoms with Crippen LogP contribution >= 0.6 is 12.4 Å². The summed E-state index contributed by atoms with van der Waals surface area (Å²) < 4.78 is 0. The van der Waals surface area contributed by atoms with Gasteiger partial charge < -0.3 is 15.8 Å². The summed E-state index contributed by atoms with van der Waals surface area (Å²) in [4.78, 5) is 7.29. The second kappa shape index (κ2) is 4.41. The van der Waals surface area contributed by atoms with Crippen LogP contribution in [0.15, 0.2) is 24.3 Å². The number of nitrogens with two attached hydrogens (primary N) is 1. The summed E-state index contributed by atoms with van der Waals surface area (Å²) in [5.74, 6) is 0.628. The number of hydrogen-bond acceptors (Lipinski definition) is 3. The normalized spacial score (nSPS) is 12.4. The Labute approximate surface area is 87.6 Å². The Balaban J connectivity index is 0.000000980. The molecule has 0 bridgehead atoms. The number of halogens is 1. The standard InChI is InChI=1S/C9H11N3O.ClH/c10-6(5-13)9-11-7-3-1-2-4-8(7)12-9;/h1-4,6,13H,5,10H2,(H,11,12);1H/t6-;/m1./s1. The molecule has 0 spiro atoms. The van der Waals surface area contributed by atoms with Gasteiger partial charge >= 0.3 is 0 Å². The Kier molecular flexibility index (Phi) is 3.46. The topological polar surface area (TPSA) is 74.9 Å². The first-order chi connectivity index (χ1) is 6.31. The van der Waals surface area contributed by atoms with Crippen LogP contribution in [-0.4, -0.2) is 21.7 Å². The van der Waals surface area contributed by atoms with E-state index < -0.39 is 6.04 Å². The van der Waals surface area contributed by atoms with Crippen molar-refractivity contribution in [1.82, 2.24) is 9.97 Å². The first kappa shape index (κ1) is 11.0. The van der Waals surface area contributed by atoms with E-state index in [4.69, 9.17) is 10.8 Å². The number of aromatic nitrogens is 2. The summed E-state index contributed by atoms with van der Waals surface area (Å²) in [5.41, 5.74) is 7.44. The predicted molar refractivity (Wildman–Crippen MR) is 57.4 cm³/mol. The molecule has 0 fully saturated rings. The third-order valence-corrected chi connectivity index (χ3v) is 1.96. The van der Waals surface area contributed by atoms with Crippen LogP contribution in [0.5, 0.6) is 0 Å². The first-order valence-electron chi connectivity index (χ1n) is 4.12. The molecular weight excluding hydrogens is 202 g/mol. The number of nitrogens with one attached hydrogen (secondary N) is 1. The number of fused-ring (bicyclic) bond motifs is 1. The van der Waals surface area contributed by atoms with Crippen LogP contribution in [0.25, 0.3) is 11.0 Å². The largest absolute Gasteiger partial charge is 0.394 e. The van der Waals surface area contributed by atoms with Crippen molar-refractivity contribution in [3.63, 3.8) is 0 Å². The molecule has 0 unspecified atom stereocenters. The summed E-state index contributed by atoms with van der Waals surface area (Å²) in [6.07, 6.45) is 0. The zero-order valence-corrected chi connectivity index (χ0v) is 8.29. The van der Waals surface area contributed by atoms with Gasteiger partial charge in [0.25, 0.3) is 0 Å². The first-order valence-corrected chi connectivity index (χ1v) is 4.12. The van der Waals surface area contributed by atoms with Crippen LogP contribution in [0.4, 0.5) is 0 Å². The Morgan fingerprint density at radius 3 is 2.79 bits per heavy atom. The van der Waals surface area contributed by atoms with E-state index in [1.165, 1.54) is 0 Å². The Morgan fingerprint density at radius 2 is 2.14 bits per heavy atom. The maximum absolute atomic E-state index is 8.83. The predicted octanol–water partition coefficient (Wildman–Crippen LogP) is 0.977. The fourth-order valence-corrected chi connectivity index (χ4v) is 1.23. The van der Waals surface area contributed by atoms with Crippen LogP contribution in [0.3, 0.4) is 0 Å². The van der Waals surface area contributed by atoms with Crippen molar-refractivity contribution in [2.45, 2.75) is 6.04 Å². The van der Waals surface area contributed by atoms with Crippen LogP contribution in [0, 0.1) is 0 Å². The van der Waals surface area contributed by atoms with Crippen molar-refractivity contribution in [3.05, 3.63) is 30.1 Å². The molecule has 14 heavy (non-hydrogen) atoms. The second-order valence-electron chi connectivity index (χ2n) is 2.93. The molecule has 0 amide bonds. The number of aliphatic hydroxyl groups excluding tert-OH is 1. The SMILES string of the molecule is Cl.N[C@H](CO)c1nc2ccccc2[nH]1. The molecule has 1 heterocycles. The average molecular weight is 214 g/mol. The van der Waals surface area contributed by atoms with E-state index in [2.05, 4.69) is 9.97 Å². The molecule has 0 aliphatic heterocycles. The fraction of sp³-hybridized carbons (Fsp3) is 0.222. The number of nitrogens with zero attached hydrogens (tertiary/aromatic N) is 1. The number of aromatic amines is 1. The molecule has 4 nitrogen and oxygen atoms in total. The van der Waals surface area contributed by atoms with Gasteiger partial charge in [-0.25, -0.2) is 4.98 Å². The van der Waals surface area contributed by atoms with Gasteiger partial charge in [-0.05, 0) is 12.1 Å². The number of benzene rings is 1. The number of aliphatic hydroxyl groups is 1. The van der Waals surface area contributed by atoms with Gasteiger partial charge in [0.1, 0.15) is 5.82 Å². The number of rotatable bonds is 2. The molecule has 0 aliphatic carbocycles. The van der Waals surface area contributed by atoms with Gasteiger partial charge in [0, 0.05) is 0 Å². The lowest BCUT2D eigenvalue weighted by Gasteiger charge is -2.01. The zero-order valence-electron chi connectivity index (χ0n) is 7.47. The Hall–Kier alpha value is -1.10. The van der Waals surface area contributed by atoms with Crippen molar-refractivity contribution in [3.8, 4) is 0 Å². The molecule has 0 radical (unpaired) electrons. The third kappa shape index (κ3) is 1.87. The minimum Gasteiger partial charge on any atom is -0.394 e. The van der Waals surface area contributed by atoms with Crippen molar-refractivity contribution in [2.75, 3.05) is 6.61 Å². The van der Waals surface area contributed by atoms with Crippen molar-refractivity contribution in [2.24, 2.45) is 5.73 Å². The van der Waals surface area contributed by atoms with Crippen LogP contribution in [0.1, 0.15) is 11.9 Å². The number of para-hydroxylation sites is 2. The number of H-pyrrole nitrogens is 1. The quantitative estimate of drug-likeness (QED) is 0.696. The van der Waals surface area contributed by atoms with E-state index >= 15 is 0 Å². The summed E-state index contributed by atoms with van der Waals surface area (Å²) >= 11 is 0. The Morgan fingerprint density at radius 1 is 1.43 bits per heavy atom. The highest BCUT2D eigenvalue weighted by Gasteiger charge is 2.08. The highest BCUT2D eigenvalue weighted by molar-refractivity contribution is 5.85. The summed E-state index contributed by atoms with van der Waals surface area (Å²) in [5, 5.41) is 8.83. The van der Waals surface area contributed by atoms with E-state index in [1.807, 2.05) is 24.3 Å². The molecule has 76 valence electrons. The maximum atomic E-state index is 8.83. The average Bonchev–Trinajstić information content (AvgIpc) is 2.59. The van der Waals surface area contributed by atoms with Gasteiger partial charge in [-0.2, -0.15) is 0 Å². The van der Waals surface area contributed by atoms with Crippen molar-refractivity contribution in [1.29, 1.82) is 0 Å². The minimum absolute atomic E-state index is 0. The summed E-state index contributed by atoms with van der Waals surface area (Å²) in [6.45, 7) is -0.0974. The smallest absolute Gasteiger partial charge is 0.126 e. The van der Waals surface area contributed by atoms with E-state index in [1.54, 1.807) is 0 Å². The van der Waals surface area contributed by atoms with Crippen LogP contribution in [0.2, 0.25) is 0 Å². The number of hydrogen-bond donors (Lipinski definition) is 3. The molecule has 5 heteroatoms. The summed E-state index contributed by atoms with van der Waals surface area (Å²) in [7, 11) is 0. The van der Waals surface area contributed by atoms with Crippen molar-refractivity contribution >= 4 is 23.4 Å². The third-order valence-electron chi connectivity index (χ3n) is 1.96. The molecule has 1 aromatic carbocycles. The molecule has 2 aromatic rings. The lowest BCUT2D eigenvalue weighted by Crippen LogP contribution is -2.15. The lowest BCUT2D eigenvalue weighted by atomic mass is 10.3. The fourth-order valence-electron chi connectivity index (χ4n) is 1.23. The van der Waals surface area contributed by atoms with Gasteiger partial charge in [-0.3, -0.25) is 0 Å². The molecule has 2 rings (SSSR count). The van der Waals surface area contributed by atoms with Crippen LogP contribution < -0.4 is 5.73 Å². The molecule has 0 aliphatic rings. The highest BCUT2D eigenvalue weighted by atomic mass is 35.5. The van der Waals surface area contributed by atoms with E-state index in [-0.39, 0.29) is 19.0 Å². The molecular formula is C9H12ClN3O. The van der Waals surface area contributed by atoms with Gasteiger partial charge in [0.2, 0.25) is 0 Å². The minimum atomic E-state index is -0.424. The zero-order chi connectivity index (χ0) is 9.26. The van der Waals surface area contributed by atoms with E-state index in [9.17, 15) is 0 Å². The molecule has 4 N–H and O–H groups in total. The highest BCUT2D eigenvalue weighted by Crippen LogP contribution is 2.13. The van der Waals surface area contributed by atoms with E-state index in [0.717, 1.165) is 11.0 Å².